The molecule has 0 aliphatic carbocycles. The molecule has 0 unspecified atom stereocenters. The van der Waals surface area contributed by atoms with Crippen molar-refractivity contribution in [2.45, 2.75) is 30.5 Å². The van der Waals surface area contributed by atoms with Crippen molar-refractivity contribution in [1.29, 1.82) is 0 Å². The summed E-state index contributed by atoms with van der Waals surface area (Å²) in [6.07, 6.45) is 0.359. The molecule has 0 radical (unpaired) electrons. The molecule has 0 bridgehead atoms. The first kappa shape index (κ1) is 19.8. The van der Waals surface area contributed by atoms with Gasteiger partial charge in [0.1, 0.15) is 15.7 Å². The third-order valence-corrected chi connectivity index (χ3v) is 5.81. The average molecular weight is 400 g/mol. The molecule has 8 nitrogen and oxygen atoms in total. The zero-order chi connectivity index (χ0) is 20.6. The van der Waals surface area contributed by atoms with Gasteiger partial charge in [0, 0.05) is 19.7 Å². The summed E-state index contributed by atoms with van der Waals surface area (Å²) in [4.78, 5) is 45.6. The Hall–Kier alpha value is -2.94. The first-order valence-electron chi connectivity index (χ1n) is 8.68. The first-order chi connectivity index (χ1) is 13.2. The van der Waals surface area contributed by atoms with Crippen molar-refractivity contribution in [3.8, 4) is 11.4 Å². The molecule has 9 heteroatoms. The van der Waals surface area contributed by atoms with Gasteiger partial charge in [-0.25, -0.2) is 14.8 Å². The summed E-state index contributed by atoms with van der Waals surface area (Å²) in [7, 11) is 2.90. The molecule has 28 heavy (non-hydrogen) atoms. The molecule has 2 aromatic heterocycles. The van der Waals surface area contributed by atoms with Gasteiger partial charge in [0.15, 0.2) is 11.5 Å². The molecule has 2 heterocycles. The largest absolute Gasteiger partial charge is 0.480 e. The van der Waals surface area contributed by atoms with E-state index in [4.69, 9.17) is 0 Å². The number of hydrogen-bond donors (Lipinski definition) is 1. The smallest absolute Gasteiger partial charge is 0.332 e. The van der Waals surface area contributed by atoms with Crippen LogP contribution in [0.2, 0.25) is 0 Å². The lowest BCUT2D eigenvalue weighted by Gasteiger charge is -2.14. The van der Waals surface area contributed by atoms with Crippen LogP contribution in [0.1, 0.15) is 18.9 Å². The predicted octanol–water partition coefficient (Wildman–Crippen LogP) is 1.96. The zero-order valence-electron chi connectivity index (χ0n) is 16.0. The van der Waals surface area contributed by atoms with E-state index in [1.165, 1.54) is 18.7 Å². The van der Waals surface area contributed by atoms with Crippen LogP contribution in [-0.4, -0.2) is 35.4 Å². The molecule has 0 saturated heterocycles. The van der Waals surface area contributed by atoms with Crippen molar-refractivity contribution in [2.75, 3.05) is 0 Å². The lowest BCUT2D eigenvalue weighted by atomic mass is 10.1. The van der Waals surface area contributed by atoms with Crippen LogP contribution in [0.15, 0.2) is 38.9 Å². The van der Waals surface area contributed by atoms with Crippen LogP contribution in [0.5, 0.6) is 0 Å². The number of rotatable bonds is 5. The van der Waals surface area contributed by atoms with Crippen LogP contribution in [0.4, 0.5) is 0 Å². The highest BCUT2D eigenvalue weighted by atomic mass is 32.2. The molecule has 0 aliphatic rings. The van der Waals surface area contributed by atoms with Crippen LogP contribution in [0.25, 0.3) is 22.4 Å². The Morgan fingerprint density at radius 3 is 2.36 bits per heavy atom. The summed E-state index contributed by atoms with van der Waals surface area (Å²) in [5.41, 5.74) is 0.910. The third kappa shape index (κ3) is 3.45. The Balaban J connectivity index is 2.37. The van der Waals surface area contributed by atoms with Crippen LogP contribution in [0, 0.1) is 6.92 Å². The van der Waals surface area contributed by atoms with E-state index in [0.29, 0.717) is 17.8 Å². The van der Waals surface area contributed by atoms with Crippen molar-refractivity contribution < 1.29 is 9.90 Å². The topological polar surface area (TPSA) is 107 Å². The van der Waals surface area contributed by atoms with Gasteiger partial charge in [-0.3, -0.25) is 18.7 Å². The molecule has 1 aromatic carbocycles. The van der Waals surface area contributed by atoms with E-state index in [1.807, 2.05) is 31.2 Å². The van der Waals surface area contributed by atoms with Gasteiger partial charge in [-0.05, 0) is 13.3 Å². The van der Waals surface area contributed by atoms with Gasteiger partial charge in [0.2, 0.25) is 0 Å². The summed E-state index contributed by atoms with van der Waals surface area (Å²) in [6.45, 7) is 3.71. The minimum absolute atomic E-state index is 0.144. The minimum Gasteiger partial charge on any atom is -0.480 e. The van der Waals surface area contributed by atoms with Crippen molar-refractivity contribution in [2.24, 2.45) is 14.1 Å². The van der Waals surface area contributed by atoms with Crippen LogP contribution < -0.4 is 11.2 Å². The van der Waals surface area contributed by atoms with Gasteiger partial charge < -0.3 is 5.11 Å². The van der Waals surface area contributed by atoms with Crippen LogP contribution in [-0.2, 0) is 18.9 Å². The number of aromatic nitrogens is 4. The standard InChI is InChI=1S/C19H20N4O4S/c1-5-12(18(25)26)28-16-13-15(22(3)19(27)23(4)17(13)24)20-14(21-16)11-8-6-10(2)7-9-11/h6-9,12H,5H2,1-4H3,(H,25,26)/t12-/m0/s1. The Labute approximate surface area is 164 Å². The zero-order valence-corrected chi connectivity index (χ0v) is 16.8. The fraction of sp³-hybridized carbons (Fsp3) is 0.316. The van der Waals surface area contributed by atoms with E-state index in [9.17, 15) is 19.5 Å². The monoisotopic (exact) mass is 400 g/mol. The second-order valence-corrected chi connectivity index (χ2v) is 7.67. The predicted molar refractivity (Wildman–Crippen MR) is 108 cm³/mol. The summed E-state index contributed by atoms with van der Waals surface area (Å²) in [5.74, 6) is -0.656. The Morgan fingerprint density at radius 1 is 1.14 bits per heavy atom. The van der Waals surface area contributed by atoms with E-state index in [0.717, 1.165) is 21.9 Å². The molecule has 0 fully saturated rings. The molecule has 1 atom stereocenters. The average Bonchev–Trinajstić information content (AvgIpc) is 2.68. The summed E-state index contributed by atoms with van der Waals surface area (Å²) >= 11 is 0.996. The number of thioether (sulfide) groups is 1. The number of aryl methyl sites for hydroxylation is 2. The van der Waals surface area contributed by atoms with Gasteiger partial charge in [0.25, 0.3) is 5.56 Å². The molecular weight excluding hydrogens is 380 g/mol. The second kappa shape index (κ2) is 7.59. The number of carboxylic acids is 1. The molecular formula is C19H20N4O4S. The highest BCUT2D eigenvalue weighted by molar-refractivity contribution is 8.00. The molecule has 3 aromatic rings. The number of nitrogens with zero attached hydrogens (tertiary/aromatic N) is 4. The van der Waals surface area contributed by atoms with E-state index in [2.05, 4.69) is 9.97 Å². The van der Waals surface area contributed by atoms with E-state index in [1.54, 1.807) is 6.92 Å². The quantitative estimate of drug-likeness (QED) is 0.515. The molecule has 1 N–H and O–H groups in total. The fourth-order valence-corrected chi connectivity index (χ4v) is 3.76. The number of benzene rings is 1. The summed E-state index contributed by atoms with van der Waals surface area (Å²) in [5, 5.41) is 9.07. The number of aliphatic carboxylic acids is 1. The SMILES string of the molecule is CC[C@H](Sc1nc(-c2ccc(C)cc2)nc2c1c(=O)n(C)c(=O)n2C)C(=O)O. The molecule has 0 saturated carbocycles. The van der Waals surface area contributed by atoms with Crippen molar-refractivity contribution >= 4 is 28.8 Å². The second-order valence-electron chi connectivity index (χ2n) is 6.48. The lowest BCUT2D eigenvalue weighted by Crippen LogP contribution is -2.37. The van der Waals surface area contributed by atoms with Crippen LogP contribution in [0.3, 0.4) is 0 Å². The normalized spacial score (nSPS) is 12.3. The maximum atomic E-state index is 12.8. The molecule has 146 valence electrons. The van der Waals surface area contributed by atoms with Gasteiger partial charge in [0.05, 0.1) is 0 Å². The highest BCUT2D eigenvalue weighted by Gasteiger charge is 2.23. The molecule has 0 aliphatic heterocycles. The van der Waals surface area contributed by atoms with Crippen LogP contribution >= 0.6 is 11.8 Å². The number of carboxylic acid groups (broad SMARTS) is 1. The van der Waals surface area contributed by atoms with E-state index >= 15 is 0 Å². The number of carbonyl (C=O) groups is 1. The van der Waals surface area contributed by atoms with Crippen molar-refractivity contribution in [3.63, 3.8) is 0 Å². The van der Waals surface area contributed by atoms with E-state index < -0.39 is 22.5 Å². The van der Waals surface area contributed by atoms with Crippen molar-refractivity contribution in [3.05, 3.63) is 50.7 Å². The highest BCUT2D eigenvalue weighted by Crippen LogP contribution is 2.30. The Morgan fingerprint density at radius 2 is 1.79 bits per heavy atom. The van der Waals surface area contributed by atoms with Gasteiger partial charge in [-0.2, -0.15) is 0 Å². The van der Waals surface area contributed by atoms with Gasteiger partial charge in [-0.1, -0.05) is 48.5 Å². The fourth-order valence-electron chi connectivity index (χ4n) is 2.79. The van der Waals surface area contributed by atoms with Gasteiger partial charge in [-0.15, -0.1) is 0 Å². The minimum atomic E-state index is -0.988. The molecule has 3 rings (SSSR count). The summed E-state index contributed by atoms with van der Waals surface area (Å²) < 4.78 is 2.25. The maximum Gasteiger partial charge on any atom is 0.332 e. The Kier molecular flexibility index (Phi) is 5.37. The lowest BCUT2D eigenvalue weighted by molar-refractivity contribution is -0.136. The van der Waals surface area contributed by atoms with Crippen molar-refractivity contribution in [1.82, 2.24) is 19.1 Å². The molecule has 0 amide bonds. The number of fused-ring (bicyclic) bond motifs is 1. The van der Waals surface area contributed by atoms with E-state index in [-0.39, 0.29) is 16.1 Å². The maximum absolute atomic E-state index is 12.8. The Bertz CT molecular complexity index is 1180. The first-order valence-corrected chi connectivity index (χ1v) is 9.56. The molecule has 0 spiro atoms. The van der Waals surface area contributed by atoms with Gasteiger partial charge >= 0.3 is 11.7 Å². The number of hydrogen-bond acceptors (Lipinski definition) is 6. The summed E-state index contributed by atoms with van der Waals surface area (Å²) in [6, 6.07) is 7.51. The third-order valence-electron chi connectivity index (χ3n) is 4.48.